The second kappa shape index (κ2) is 3.88. The van der Waals surface area contributed by atoms with E-state index < -0.39 is 0 Å². The van der Waals surface area contributed by atoms with Crippen molar-refractivity contribution in [3.63, 3.8) is 0 Å². The van der Waals surface area contributed by atoms with Gasteiger partial charge in [0.1, 0.15) is 6.20 Å². The average Bonchev–Trinajstić information content (AvgIpc) is 2.03. The largest absolute Gasteiger partial charge is 0.383 e. The zero-order valence-electron chi connectivity index (χ0n) is 6.09. The fourth-order valence-electron chi connectivity index (χ4n) is 0.684. The SMILES string of the molecule is CCCNc1[c]nccc1. The molecule has 1 aromatic rings. The Morgan fingerprint density at radius 3 is 3.20 bits per heavy atom. The molecule has 10 heavy (non-hydrogen) atoms. The second-order valence-corrected chi connectivity index (χ2v) is 2.09. The van der Waals surface area contributed by atoms with Crippen LogP contribution in [0.3, 0.4) is 0 Å². The summed E-state index contributed by atoms with van der Waals surface area (Å²) in [6, 6.07) is 3.86. The lowest BCUT2D eigenvalue weighted by Crippen LogP contribution is -1.99. The maximum absolute atomic E-state index is 3.85. The molecule has 0 atom stereocenters. The van der Waals surface area contributed by atoms with Gasteiger partial charge in [-0.15, -0.1) is 0 Å². The third-order valence-corrected chi connectivity index (χ3v) is 1.17. The Kier molecular flexibility index (Phi) is 2.74. The summed E-state index contributed by atoms with van der Waals surface area (Å²) in [5.41, 5.74) is 0.976. The van der Waals surface area contributed by atoms with Crippen molar-refractivity contribution < 1.29 is 0 Å². The smallest absolute Gasteiger partial charge is 0.114 e. The number of nitrogens with one attached hydrogen (secondary N) is 1. The molecule has 0 saturated carbocycles. The van der Waals surface area contributed by atoms with Gasteiger partial charge in [0.15, 0.2) is 0 Å². The van der Waals surface area contributed by atoms with Crippen LogP contribution in [0.5, 0.6) is 0 Å². The van der Waals surface area contributed by atoms with Crippen molar-refractivity contribution in [3.8, 4) is 0 Å². The van der Waals surface area contributed by atoms with Gasteiger partial charge in [0.05, 0.1) is 5.69 Å². The van der Waals surface area contributed by atoms with Crippen LogP contribution in [0, 0.1) is 6.20 Å². The van der Waals surface area contributed by atoms with Crippen molar-refractivity contribution in [2.24, 2.45) is 0 Å². The Morgan fingerprint density at radius 2 is 2.60 bits per heavy atom. The molecule has 0 spiro atoms. The van der Waals surface area contributed by atoms with E-state index in [-0.39, 0.29) is 0 Å². The lowest BCUT2D eigenvalue weighted by Gasteiger charge is -2.00. The average molecular weight is 135 g/mol. The minimum Gasteiger partial charge on any atom is -0.383 e. The molecule has 0 aliphatic heterocycles. The predicted molar refractivity (Wildman–Crippen MR) is 41.9 cm³/mol. The van der Waals surface area contributed by atoms with Crippen molar-refractivity contribution >= 4 is 5.69 Å². The maximum Gasteiger partial charge on any atom is 0.114 e. The third kappa shape index (κ3) is 2.05. The van der Waals surface area contributed by atoms with Crippen LogP contribution in [0.4, 0.5) is 5.69 Å². The first-order valence-corrected chi connectivity index (χ1v) is 3.50. The van der Waals surface area contributed by atoms with Crippen LogP contribution in [0.1, 0.15) is 13.3 Å². The minimum atomic E-state index is 0.976. The molecule has 0 bridgehead atoms. The predicted octanol–water partition coefficient (Wildman–Crippen LogP) is 1.70. The molecule has 2 nitrogen and oxygen atoms in total. The van der Waals surface area contributed by atoms with Crippen molar-refractivity contribution in [2.75, 3.05) is 11.9 Å². The van der Waals surface area contributed by atoms with Crippen molar-refractivity contribution in [1.82, 2.24) is 4.98 Å². The monoisotopic (exact) mass is 135 g/mol. The van der Waals surface area contributed by atoms with Gasteiger partial charge in [-0.1, -0.05) is 6.92 Å². The summed E-state index contributed by atoms with van der Waals surface area (Å²) < 4.78 is 0. The molecule has 1 heterocycles. The molecule has 1 rings (SSSR count). The summed E-state index contributed by atoms with van der Waals surface area (Å²) in [4.78, 5) is 3.85. The first-order valence-electron chi connectivity index (χ1n) is 3.50. The molecule has 0 amide bonds. The van der Waals surface area contributed by atoms with E-state index in [1.807, 2.05) is 12.1 Å². The number of hydrogen-bond acceptors (Lipinski definition) is 2. The standard InChI is InChI=1S/C8H11N2/c1-2-5-10-8-4-3-6-9-7-8/h3-4,6,10H,2,5H2,1H3. The Hall–Kier alpha value is -1.05. The highest BCUT2D eigenvalue weighted by molar-refractivity contribution is 5.38. The lowest BCUT2D eigenvalue weighted by atomic mass is 10.4. The minimum absolute atomic E-state index is 0.976. The van der Waals surface area contributed by atoms with E-state index in [2.05, 4.69) is 23.4 Å². The van der Waals surface area contributed by atoms with Gasteiger partial charge >= 0.3 is 0 Å². The molecule has 0 fully saturated rings. The summed E-state index contributed by atoms with van der Waals surface area (Å²) in [5, 5.41) is 3.18. The number of pyridine rings is 1. The number of aromatic nitrogens is 1. The van der Waals surface area contributed by atoms with Crippen LogP contribution in [0.25, 0.3) is 0 Å². The normalized spacial score (nSPS) is 9.30. The van der Waals surface area contributed by atoms with Crippen molar-refractivity contribution in [1.29, 1.82) is 0 Å². The molecule has 1 radical (unpaired) electrons. The number of anilines is 1. The first-order chi connectivity index (χ1) is 4.93. The molecule has 2 heteroatoms. The molecule has 0 saturated heterocycles. The molecule has 1 N–H and O–H groups in total. The Balaban J connectivity index is 2.43. The first kappa shape index (κ1) is 7.06. The maximum atomic E-state index is 3.85. The van der Waals surface area contributed by atoms with Gasteiger partial charge < -0.3 is 5.32 Å². The lowest BCUT2D eigenvalue weighted by molar-refractivity contribution is 0.977. The topological polar surface area (TPSA) is 24.9 Å². The van der Waals surface area contributed by atoms with Gasteiger partial charge in [0, 0.05) is 12.7 Å². The second-order valence-electron chi connectivity index (χ2n) is 2.09. The van der Waals surface area contributed by atoms with Gasteiger partial charge in [-0.3, -0.25) is 4.98 Å². The summed E-state index contributed by atoms with van der Waals surface area (Å²) in [6.07, 6.45) is 5.69. The van der Waals surface area contributed by atoms with Crippen molar-refractivity contribution in [3.05, 3.63) is 24.5 Å². The van der Waals surface area contributed by atoms with E-state index in [9.17, 15) is 0 Å². The van der Waals surface area contributed by atoms with E-state index in [4.69, 9.17) is 0 Å². The molecule has 0 aliphatic carbocycles. The molecule has 0 aromatic carbocycles. The van der Waals surface area contributed by atoms with Crippen LogP contribution in [0.2, 0.25) is 0 Å². The molecular weight excluding hydrogens is 124 g/mol. The third-order valence-electron chi connectivity index (χ3n) is 1.17. The van der Waals surface area contributed by atoms with E-state index in [0.717, 1.165) is 18.7 Å². The van der Waals surface area contributed by atoms with Crippen LogP contribution < -0.4 is 5.32 Å². The zero-order chi connectivity index (χ0) is 7.23. The zero-order valence-corrected chi connectivity index (χ0v) is 6.09. The highest BCUT2D eigenvalue weighted by atomic mass is 14.9. The molecule has 53 valence electrons. The van der Waals surface area contributed by atoms with E-state index >= 15 is 0 Å². The summed E-state index contributed by atoms with van der Waals surface area (Å²) >= 11 is 0. The van der Waals surface area contributed by atoms with Crippen LogP contribution in [-0.2, 0) is 0 Å². The number of rotatable bonds is 3. The highest BCUT2D eigenvalue weighted by Crippen LogP contribution is 2.00. The summed E-state index contributed by atoms with van der Waals surface area (Å²) in [5.74, 6) is 0. The molecule has 1 aromatic heterocycles. The molecular formula is C8H11N2. The molecule has 0 aliphatic rings. The number of hydrogen-bond donors (Lipinski definition) is 1. The summed E-state index contributed by atoms with van der Waals surface area (Å²) in [6.45, 7) is 3.12. The Bertz CT molecular complexity index is 172. The fourth-order valence-corrected chi connectivity index (χ4v) is 0.684. The van der Waals surface area contributed by atoms with Crippen LogP contribution >= 0.6 is 0 Å². The fraction of sp³-hybridized carbons (Fsp3) is 0.375. The number of nitrogens with zero attached hydrogens (tertiary/aromatic N) is 1. The van der Waals surface area contributed by atoms with Gasteiger partial charge in [-0.05, 0) is 18.6 Å². The quantitative estimate of drug-likeness (QED) is 0.682. The van der Waals surface area contributed by atoms with Gasteiger partial charge in [0.2, 0.25) is 0 Å². The van der Waals surface area contributed by atoms with Crippen LogP contribution in [0.15, 0.2) is 18.3 Å². The summed E-state index contributed by atoms with van der Waals surface area (Å²) in [7, 11) is 0. The van der Waals surface area contributed by atoms with Gasteiger partial charge in [-0.2, -0.15) is 0 Å². The van der Waals surface area contributed by atoms with Crippen molar-refractivity contribution in [2.45, 2.75) is 13.3 Å². The van der Waals surface area contributed by atoms with Gasteiger partial charge in [-0.25, -0.2) is 0 Å². The van der Waals surface area contributed by atoms with E-state index in [1.165, 1.54) is 0 Å². The van der Waals surface area contributed by atoms with E-state index in [1.54, 1.807) is 6.20 Å². The van der Waals surface area contributed by atoms with Crippen LogP contribution in [-0.4, -0.2) is 11.5 Å². The highest BCUT2D eigenvalue weighted by Gasteiger charge is 1.86. The Labute approximate surface area is 61.3 Å². The molecule has 0 unspecified atom stereocenters. The van der Waals surface area contributed by atoms with Gasteiger partial charge in [0.25, 0.3) is 0 Å². The van der Waals surface area contributed by atoms with E-state index in [0.29, 0.717) is 0 Å². The Morgan fingerprint density at radius 1 is 1.70 bits per heavy atom.